The monoisotopic (exact) mass is 405 g/mol. The molecular weight excluding hydrogens is 370 g/mol. The van der Waals surface area contributed by atoms with Gasteiger partial charge in [-0.1, -0.05) is 32.9 Å². The third kappa shape index (κ3) is 5.23. The molecule has 0 aromatic heterocycles. The van der Waals surface area contributed by atoms with Gasteiger partial charge in [0.1, 0.15) is 5.60 Å². The number of fused-ring (bicyclic) bond motifs is 1. The highest BCUT2D eigenvalue weighted by Gasteiger charge is 2.39. The highest BCUT2D eigenvalue weighted by molar-refractivity contribution is 6.74. The van der Waals surface area contributed by atoms with Gasteiger partial charge < -0.3 is 9.16 Å². The van der Waals surface area contributed by atoms with E-state index >= 15 is 0 Å². The van der Waals surface area contributed by atoms with Crippen LogP contribution in [0.3, 0.4) is 0 Å². The van der Waals surface area contributed by atoms with Crippen molar-refractivity contribution in [2.45, 2.75) is 71.7 Å². The van der Waals surface area contributed by atoms with Gasteiger partial charge in [0.25, 0.3) is 0 Å². The van der Waals surface area contributed by atoms with Crippen molar-refractivity contribution in [2.75, 3.05) is 18.1 Å². The van der Waals surface area contributed by atoms with Crippen molar-refractivity contribution in [3.8, 4) is 0 Å². The quantitative estimate of drug-likeness (QED) is 0.607. The molecule has 6 heteroatoms. The predicted molar refractivity (Wildman–Crippen MR) is 116 cm³/mol. The van der Waals surface area contributed by atoms with Crippen LogP contribution in [0.2, 0.25) is 18.1 Å². The lowest BCUT2D eigenvalue weighted by Crippen LogP contribution is -2.46. The summed E-state index contributed by atoms with van der Waals surface area (Å²) < 4.78 is 11.8. The zero-order chi connectivity index (χ0) is 21.3. The Labute approximate surface area is 170 Å². The molecule has 5 nitrogen and oxygen atoms in total. The fraction of sp³-hybridized carbons (Fsp3) is 0.636. The van der Waals surface area contributed by atoms with Gasteiger partial charge in [0, 0.05) is 24.6 Å². The van der Waals surface area contributed by atoms with Crippen LogP contribution in [-0.2, 0) is 9.16 Å². The number of nitrogens with zero attached hydrogens (tertiary/aromatic N) is 1. The first-order chi connectivity index (χ1) is 12.7. The molecule has 0 radical (unpaired) electrons. The number of amides is 1. The van der Waals surface area contributed by atoms with Gasteiger partial charge in [-0.2, -0.15) is 0 Å². The third-order valence-corrected chi connectivity index (χ3v) is 10.1. The van der Waals surface area contributed by atoms with Crippen molar-refractivity contribution < 1.29 is 18.8 Å². The normalized spacial score (nSPS) is 18.1. The van der Waals surface area contributed by atoms with Crippen LogP contribution in [-0.4, -0.2) is 38.9 Å². The molecule has 28 heavy (non-hydrogen) atoms. The summed E-state index contributed by atoms with van der Waals surface area (Å²) in [5, 5.41) is 0.124. The first-order valence-corrected chi connectivity index (χ1v) is 12.9. The molecule has 0 fully saturated rings. The van der Waals surface area contributed by atoms with E-state index in [0.29, 0.717) is 30.8 Å². The minimum absolute atomic E-state index is 0.0780. The van der Waals surface area contributed by atoms with Crippen molar-refractivity contribution in [1.29, 1.82) is 0 Å². The molecule has 1 amide bonds. The van der Waals surface area contributed by atoms with E-state index < -0.39 is 20.0 Å². The molecule has 1 atom stereocenters. The maximum atomic E-state index is 13.0. The number of ether oxygens (including phenoxy) is 1. The minimum Gasteiger partial charge on any atom is -0.443 e. The highest BCUT2D eigenvalue weighted by Crippen LogP contribution is 2.37. The topological polar surface area (TPSA) is 55.8 Å². The average molecular weight is 406 g/mol. The van der Waals surface area contributed by atoms with Crippen LogP contribution in [0.1, 0.15) is 58.3 Å². The van der Waals surface area contributed by atoms with Crippen molar-refractivity contribution in [2.24, 2.45) is 5.92 Å². The molecule has 1 aromatic rings. The molecule has 0 bridgehead atoms. The van der Waals surface area contributed by atoms with Crippen LogP contribution >= 0.6 is 0 Å². The van der Waals surface area contributed by atoms with E-state index in [0.717, 1.165) is 0 Å². The maximum Gasteiger partial charge on any atom is 0.414 e. The number of hydrogen-bond acceptors (Lipinski definition) is 4. The molecule has 0 N–H and O–H groups in total. The molecule has 1 aromatic carbocycles. The molecule has 1 aliphatic heterocycles. The lowest BCUT2D eigenvalue weighted by molar-refractivity contribution is 0.0566. The van der Waals surface area contributed by atoms with E-state index in [2.05, 4.69) is 33.9 Å². The van der Waals surface area contributed by atoms with E-state index in [1.165, 1.54) is 0 Å². The molecule has 0 aliphatic carbocycles. The zero-order valence-electron chi connectivity index (χ0n) is 18.6. The number of Topliss-reactive ketones (excluding diaryl/α,β-unsaturated/α-hetero) is 1. The number of para-hydroxylation sites is 1. The van der Waals surface area contributed by atoms with Gasteiger partial charge >= 0.3 is 6.09 Å². The van der Waals surface area contributed by atoms with E-state index in [1.807, 2.05) is 32.9 Å². The van der Waals surface area contributed by atoms with Crippen LogP contribution in [0.4, 0.5) is 10.5 Å². The molecule has 1 unspecified atom stereocenters. The van der Waals surface area contributed by atoms with Gasteiger partial charge in [-0.25, -0.2) is 4.79 Å². The second-order valence-electron chi connectivity index (χ2n) is 10.1. The number of hydrogen-bond donors (Lipinski definition) is 0. The van der Waals surface area contributed by atoms with Crippen LogP contribution in [0.5, 0.6) is 0 Å². The van der Waals surface area contributed by atoms with E-state index in [9.17, 15) is 9.59 Å². The second-order valence-corrected chi connectivity index (χ2v) is 14.9. The highest BCUT2D eigenvalue weighted by atomic mass is 28.4. The molecule has 0 saturated heterocycles. The van der Waals surface area contributed by atoms with Crippen LogP contribution in [0, 0.1) is 5.92 Å². The maximum absolute atomic E-state index is 13.0. The summed E-state index contributed by atoms with van der Waals surface area (Å²) in [5.41, 5.74) is 0.620. The molecular formula is C22H35NO4Si. The summed E-state index contributed by atoms with van der Waals surface area (Å²) in [4.78, 5) is 27.4. The molecule has 0 saturated carbocycles. The fourth-order valence-electron chi connectivity index (χ4n) is 2.92. The van der Waals surface area contributed by atoms with Gasteiger partial charge in [-0.15, -0.1) is 0 Å². The molecule has 1 heterocycles. The summed E-state index contributed by atoms with van der Waals surface area (Å²) in [6.07, 6.45) is 0.182. The number of ketones is 1. The lowest BCUT2D eigenvalue weighted by Gasteiger charge is -2.37. The molecule has 0 spiro atoms. The fourth-order valence-corrected chi connectivity index (χ4v) is 3.99. The number of anilines is 1. The van der Waals surface area contributed by atoms with E-state index in [4.69, 9.17) is 9.16 Å². The van der Waals surface area contributed by atoms with Crippen LogP contribution in [0.15, 0.2) is 24.3 Å². The standard InChI is InChI=1S/C22H35NO4Si/c1-21(2,3)27-20(25)23-15-16(13-14-26-28(7,8)22(4,5)6)19(24)17-11-9-10-12-18(17)23/h9-12,16H,13-15H2,1-8H3. The second kappa shape index (κ2) is 7.99. The Kier molecular flexibility index (Phi) is 6.46. The number of carbonyl (C=O) groups is 2. The van der Waals surface area contributed by atoms with Gasteiger partial charge in [-0.05, 0) is 57.5 Å². The summed E-state index contributed by atoms with van der Waals surface area (Å²) in [5.74, 6) is -0.207. The molecule has 2 rings (SSSR count). The van der Waals surface area contributed by atoms with Gasteiger partial charge in [0.15, 0.2) is 14.1 Å². The Bertz CT molecular complexity index is 731. The Hall–Kier alpha value is -1.66. The lowest BCUT2D eigenvalue weighted by atomic mass is 9.89. The summed E-state index contributed by atoms with van der Waals surface area (Å²) in [6.45, 7) is 17.4. The van der Waals surface area contributed by atoms with Gasteiger partial charge in [-0.3, -0.25) is 9.69 Å². The molecule has 1 aliphatic rings. The number of carbonyl (C=O) groups excluding carboxylic acids is 2. The van der Waals surface area contributed by atoms with Crippen molar-refractivity contribution >= 4 is 25.9 Å². The van der Waals surface area contributed by atoms with Crippen LogP contribution in [0.25, 0.3) is 0 Å². The Morgan fingerprint density at radius 2 is 1.75 bits per heavy atom. The smallest absolute Gasteiger partial charge is 0.414 e. The Morgan fingerprint density at radius 1 is 1.14 bits per heavy atom. The SMILES string of the molecule is CC(C)(C)OC(=O)N1CC(CCO[Si](C)(C)C(C)(C)C)C(=O)c2ccccc21. The largest absolute Gasteiger partial charge is 0.443 e. The molecule has 156 valence electrons. The van der Waals surface area contributed by atoms with Gasteiger partial charge in [0.05, 0.1) is 5.69 Å². The number of benzene rings is 1. The van der Waals surface area contributed by atoms with Crippen LogP contribution < -0.4 is 4.90 Å². The zero-order valence-corrected chi connectivity index (χ0v) is 19.6. The first-order valence-electron chi connectivity index (χ1n) is 10.0. The summed E-state index contributed by atoms with van der Waals surface area (Å²) >= 11 is 0. The van der Waals surface area contributed by atoms with E-state index in [1.54, 1.807) is 17.0 Å². The summed E-state index contributed by atoms with van der Waals surface area (Å²) in [6, 6.07) is 7.26. The Balaban J connectivity index is 2.17. The van der Waals surface area contributed by atoms with Crippen molar-refractivity contribution in [3.63, 3.8) is 0 Å². The third-order valence-electron chi connectivity index (χ3n) is 5.58. The summed E-state index contributed by atoms with van der Waals surface area (Å²) in [7, 11) is -1.87. The minimum atomic E-state index is -1.87. The number of rotatable bonds is 4. The van der Waals surface area contributed by atoms with Crippen molar-refractivity contribution in [1.82, 2.24) is 0 Å². The Morgan fingerprint density at radius 3 is 2.32 bits per heavy atom. The van der Waals surface area contributed by atoms with Crippen molar-refractivity contribution in [3.05, 3.63) is 29.8 Å². The predicted octanol–water partition coefficient (Wildman–Crippen LogP) is 5.65. The van der Waals surface area contributed by atoms with E-state index in [-0.39, 0.29) is 16.7 Å². The average Bonchev–Trinajstić information content (AvgIpc) is 2.54. The van der Waals surface area contributed by atoms with Gasteiger partial charge in [0.2, 0.25) is 0 Å². The first kappa shape index (κ1) is 22.6.